The molecule has 0 atom stereocenters. The maximum absolute atomic E-state index is 5.60. The molecule has 1 N–H and O–H groups in total. The number of hydrogen-bond acceptors (Lipinski definition) is 5. The SMILES string of the molecule is CCCOc1cc(C)nc(N(CC)CCNCC)n1. The third-order valence-electron chi connectivity index (χ3n) is 2.75. The summed E-state index contributed by atoms with van der Waals surface area (Å²) in [6, 6.07) is 1.89. The van der Waals surface area contributed by atoms with Crippen LogP contribution in [0.15, 0.2) is 6.07 Å². The van der Waals surface area contributed by atoms with Gasteiger partial charge in [0.25, 0.3) is 0 Å². The lowest BCUT2D eigenvalue weighted by atomic mass is 10.4. The molecule has 5 heteroatoms. The van der Waals surface area contributed by atoms with Gasteiger partial charge in [-0.05, 0) is 26.8 Å². The van der Waals surface area contributed by atoms with Gasteiger partial charge in [0.15, 0.2) is 0 Å². The molecule has 0 aliphatic heterocycles. The molecular weight excluding hydrogens is 240 g/mol. The van der Waals surface area contributed by atoms with E-state index in [2.05, 4.69) is 41.0 Å². The van der Waals surface area contributed by atoms with E-state index in [-0.39, 0.29) is 0 Å². The number of aromatic nitrogens is 2. The van der Waals surface area contributed by atoms with Crippen molar-refractivity contribution in [1.82, 2.24) is 15.3 Å². The number of nitrogens with one attached hydrogen (secondary N) is 1. The van der Waals surface area contributed by atoms with Crippen molar-refractivity contribution in [2.24, 2.45) is 0 Å². The molecule has 0 aliphatic carbocycles. The summed E-state index contributed by atoms with van der Waals surface area (Å²) in [4.78, 5) is 11.1. The van der Waals surface area contributed by atoms with Gasteiger partial charge in [-0.1, -0.05) is 13.8 Å². The first-order valence-corrected chi connectivity index (χ1v) is 7.15. The van der Waals surface area contributed by atoms with Crippen molar-refractivity contribution in [1.29, 1.82) is 0 Å². The Morgan fingerprint density at radius 1 is 1.26 bits per heavy atom. The number of likely N-dealkylation sites (N-methyl/N-ethyl adjacent to an activating group) is 2. The van der Waals surface area contributed by atoms with Crippen molar-refractivity contribution < 1.29 is 4.74 Å². The van der Waals surface area contributed by atoms with Crippen LogP contribution in [0.4, 0.5) is 5.95 Å². The average Bonchev–Trinajstić information content (AvgIpc) is 2.41. The molecule has 0 saturated heterocycles. The first-order chi connectivity index (χ1) is 9.21. The summed E-state index contributed by atoms with van der Waals surface area (Å²) in [7, 11) is 0. The first kappa shape index (κ1) is 15.7. The van der Waals surface area contributed by atoms with Gasteiger partial charge in [0.2, 0.25) is 11.8 Å². The van der Waals surface area contributed by atoms with Crippen LogP contribution in [-0.4, -0.2) is 42.8 Å². The molecule has 19 heavy (non-hydrogen) atoms. The van der Waals surface area contributed by atoms with E-state index in [4.69, 9.17) is 4.74 Å². The van der Waals surface area contributed by atoms with Crippen molar-refractivity contribution in [3.63, 3.8) is 0 Å². The third kappa shape index (κ3) is 5.42. The Bertz CT molecular complexity index is 370. The summed E-state index contributed by atoms with van der Waals surface area (Å²) >= 11 is 0. The Hall–Kier alpha value is -1.36. The molecule has 1 rings (SSSR count). The minimum Gasteiger partial charge on any atom is -0.478 e. The highest BCUT2D eigenvalue weighted by Crippen LogP contribution is 2.15. The predicted molar refractivity (Wildman–Crippen MR) is 79.0 cm³/mol. The lowest BCUT2D eigenvalue weighted by molar-refractivity contribution is 0.304. The summed E-state index contributed by atoms with van der Waals surface area (Å²) in [5, 5.41) is 3.32. The Morgan fingerprint density at radius 3 is 2.68 bits per heavy atom. The zero-order valence-corrected chi connectivity index (χ0v) is 12.6. The summed E-state index contributed by atoms with van der Waals surface area (Å²) in [5.74, 6) is 1.43. The molecule has 108 valence electrons. The van der Waals surface area contributed by atoms with Crippen molar-refractivity contribution in [3.05, 3.63) is 11.8 Å². The molecule has 0 spiro atoms. The van der Waals surface area contributed by atoms with E-state index in [0.717, 1.165) is 44.2 Å². The van der Waals surface area contributed by atoms with E-state index in [0.29, 0.717) is 12.5 Å². The number of aryl methyl sites for hydroxylation is 1. The predicted octanol–water partition coefficient (Wildman–Crippen LogP) is 2.01. The molecule has 1 aromatic heterocycles. The molecule has 0 radical (unpaired) electrons. The molecular formula is C14H26N4O. The van der Waals surface area contributed by atoms with E-state index < -0.39 is 0 Å². The van der Waals surface area contributed by atoms with Crippen LogP contribution in [0.2, 0.25) is 0 Å². The van der Waals surface area contributed by atoms with Gasteiger partial charge >= 0.3 is 0 Å². The fourth-order valence-corrected chi connectivity index (χ4v) is 1.74. The van der Waals surface area contributed by atoms with Crippen molar-refractivity contribution in [3.8, 4) is 5.88 Å². The monoisotopic (exact) mass is 266 g/mol. The van der Waals surface area contributed by atoms with E-state index >= 15 is 0 Å². The summed E-state index contributed by atoms with van der Waals surface area (Å²) < 4.78 is 5.60. The Balaban J connectivity index is 2.75. The van der Waals surface area contributed by atoms with Crippen LogP contribution in [0.3, 0.4) is 0 Å². The van der Waals surface area contributed by atoms with Crippen LogP contribution < -0.4 is 15.0 Å². The second-order valence-electron chi connectivity index (χ2n) is 4.43. The fourth-order valence-electron chi connectivity index (χ4n) is 1.74. The van der Waals surface area contributed by atoms with Gasteiger partial charge < -0.3 is 15.0 Å². The molecule has 0 unspecified atom stereocenters. The number of nitrogens with zero attached hydrogens (tertiary/aromatic N) is 3. The van der Waals surface area contributed by atoms with E-state index in [1.54, 1.807) is 0 Å². The van der Waals surface area contributed by atoms with Crippen LogP contribution in [0.25, 0.3) is 0 Å². The highest BCUT2D eigenvalue weighted by atomic mass is 16.5. The zero-order chi connectivity index (χ0) is 14.1. The van der Waals surface area contributed by atoms with E-state index in [1.807, 2.05) is 13.0 Å². The maximum Gasteiger partial charge on any atom is 0.228 e. The van der Waals surface area contributed by atoms with Crippen molar-refractivity contribution in [2.75, 3.05) is 37.7 Å². The molecule has 1 heterocycles. The second-order valence-corrected chi connectivity index (χ2v) is 4.43. The number of ether oxygens (including phenoxy) is 1. The fraction of sp³-hybridized carbons (Fsp3) is 0.714. The molecule has 0 bridgehead atoms. The van der Waals surface area contributed by atoms with Crippen LogP contribution >= 0.6 is 0 Å². The minimum absolute atomic E-state index is 0.672. The number of hydrogen-bond donors (Lipinski definition) is 1. The summed E-state index contributed by atoms with van der Waals surface area (Å²) in [5.41, 5.74) is 0.943. The second kappa shape index (κ2) is 8.69. The maximum atomic E-state index is 5.60. The zero-order valence-electron chi connectivity index (χ0n) is 12.6. The van der Waals surface area contributed by atoms with Gasteiger partial charge in [0, 0.05) is 31.4 Å². The smallest absolute Gasteiger partial charge is 0.228 e. The molecule has 0 aromatic carbocycles. The normalized spacial score (nSPS) is 10.5. The van der Waals surface area contributed by atoms with Gasteiger partial charge in [-0.2, -0.15) is 4.98 Å². The Kier molecular flexibility index (Phi) is 7.18. The average molecular weight is 266 g/mol. The lowest BCUT2D eigenvalue weighted by Crippen LogP contribution is -2.33. The molecule has 0 fully saturated rings. The van der Waals surface area contributed by atoms with Gasteiger partial charge in [0.1, 0.15) is 0 Å². The Labute approximate surface area is 116 Å². The first-order valence-electron chi connectivity index (χ1n) is 7.15. The quantitative estimate of drug-likeness (QED) is 0.693. The van der Waals surface area contributed by atoms with Crippen LogP contribution in [-0.2, 0) is 0 Å². The topological polar surface area (TPSA) is 50.3 Å². The molecule has 0 aliphatic rings. The number of rotatable bonds is 9. The molecule has 5 nitrogen and oxygen atoms in total. The van der Waals surface area contributed by atoms with Gasteiger partial charge in [0.05, 0.1) is 6.61 Å². The van der Waals surface area contributed by atoms with E-state index in [1.165, 1.54) is 0 Å². The standard InChI is InChI=1S/C14H26N4O/c1-5-10-19-13-11-12(4)16-14(17-13)18(7-3)9-8-15-6-2/h11,15H,5-10H2,1-4H3. The van der Waals surface area contributed by atoms with Gasteiger partial charge in [-0.25, -0.2) is 4.98 Å². The minimum atomic E-state index is 0.672. The lowest BCUT2D eigenvalue weighted by Gasteiger charge is -2.21. The molecule has 0 amide bonds. The van der Waals surface area contributed by atoms with E-state index in [9.17, 15) is 0 Å². The Morgan fingerprint density at radius 2 is 2.05 bits per heavy atom. The van der Waals surface area contributed by atoms with Crippen molar-refractivity contribution >= 4 is 5.95 Å². The highest BCUT2D eigenvalue weighted by Gasteiger charge is 2.10. The molecule has 1 aromatic rings. The van der Waals surface area contributed by atoms with Crippen molar-refractivity contribution in [2.45, 2.75) is 34.1 Å². The third-order valence-corrected chi connectivity index (χ3v) is 2.75. The summed E-state index contributed by atoms with van der Waals surface area (Å²) in [6.07, 6.45) is 0.982. The number of anilines is 1. The van der Waals surface area contributed by atoms with Crippen LogP contribution in [0.1, 0.15) is 32.9 Å². The summed E-state index contributed by atoms with van der Waals surface area (Å²) in [6.45, 7) is 12.7. The van der Waals surface area contributed by atoms with Crippen LogP contribution in [0.5, 0.6) is 5.88 Å². The highest BCUT2D eigenvalue weighted by molar-refractivity contribution is 5.34. The van der Waals surface area contributed by atoms with Gasteiger partial charge in [-0.15, -0.1) is 0 Å². The largest absolute Gasteiger partial charge is 0.478 e. The van der Waals surface area contributed by atoms with Gasteiger partial charge in [-0.3, -0.25) is 0 Å². The van der Waals surface area contributed by atoms with Crippen LogP contribution in [0, 0.1) is 6.92 Å². The molecule has 0 saturated carbocycles.